The SMILES string of the molecule is NC(=O)CN(c1ccccc1)S(=O)(=O)c1ccc(CC(=O)O)cc1. The first kappa shape index (κ1) is 17.5. The largest absolute Gasteiger partial charge is 0.481 e. The number of anilines is 1. The second-order valence-electron chi connectivity index (χ2n) is 5.03. The fraction of sp³-hybridized carbons (Fsp3) is 0.125. The summed E-state index contributed by atoms with van der Waals surface area (Å²) in [5.74, 6) is -1.80. The molecular formula is C16H16N2O5S. The Labute approximate surface area is 139 Å². The zero-order chi connectivity index (χ0) is 17.7. The molecule has 2 rings (SSSR count). The minimum Gasteiger partial charge on any atom is -0.481 e. The van der Waals surface area contributed by atoms with E-state index >= 15 is 0 Å². The van der Waals surface area contributed by atoms with E-state index in [-0.39, 0.29) is 11.3 Å². The Morgan fingerprint density at radius 2 is 1.58 bits per heavy atom. The number of sulfonamides is 1. The highest BCUT2D eigenvalue weighted by Crippen LogP contribution is 2.23. The van der Waals surface area contributed by atoms with Crippen molar-refractivity contribution in [2.75, 3.05) is 10.8 Å². The second-order valence-corrected chi connectivity index (χ2v) is 6.89. The molecule has 0 fully saturated rings. The highest BCUT2D eigenvalue weighted by atomic mass is 32.2. The number of benzene rings is 2. The third-order valence-electron chi connectivity index (χ3n) is 3.21. The number of carbonyl (C=O) groups is 2. The van der Waals surface area contributed by atoms with Crippen LogP contribution in [-0.4, -0.2) is 31.9 Å². The van der Waals surface area contributed by atoms with Crippen LogP contribution in [0.25, 0.3) is 0 Å². The van der Waals surface area contributed by atoms with Gasteiger partial charge in [0.15, 0.2) is 0 Å². The molecule has 1 amide bonds. The van der Waals surface area contributed by atoms with Crippen molar-refractivity contribution in [1.29, 1.82) is 0 Å². The van der Waals surface area contributed by atoms with E-state index in [0.717, 1.165) is 4.31 Å². The molecule has 0 unspecified atom stereocenters. The molecule has 0 spiro atoms. The van der Waals surface area contributed by atoms with Crippen LogP contribution in [0.15, 0.2) is 59.5 Å². The highest BCUT2D eigenvalue weighted by molar-refractivity contribution is 7.92. The van der Waals surface area contributed by atoms with Gasteiger partial charge in [0.05, 0.1) is 17.0 Å². The third-order valence-corrected chi connectivity index (χ3v) is 5.00. The van der Waals surface area contributed by atoms with E-state index < -0.39 is 28.4 Å². The number of carbonyl (C=O) groups excluding carboxylic acids is 1. The van der Waals surface area contributed by atoms with Crippen LogP contribution in [-0.2, 0) is 26.0 Å². The molecule has 0 aromatic heterocycles. The Morgan fingerprint density at radius 3 is 2.08 bits per heavy atom. The summed E-state index contributed by atoms with van der Waals surface area (Å²) in [6.45, 7) is -0.497. The number of nitrogens with two attached hydrogens (primary N) is 1. The molecule has 0 radical (unpaired) electrons. The first-order valence-electron chi connectivity index (χ1n) is 6.97. The first-order chi connectivity index (χ1) is 11.3. The lowest BCUT2D eigenvalue weighted by atomic mass is 10.2. The molecule has 0 bridgehead atoms. The quantitative estimate of drug-likeness (QED) is 0.774. The van der Waals surface area contributed by atoms with Gasteiger partial charge >= 0.3 is 5.97 Å². The van der Waals surface area contributed by atoms with Crippen molar-refractivity contribution >= 4 is 27.6 Å². The van der Waals surface area contributed by atoms with Crippen LogP contribution in [0.3, 0.4) is 0 Å². The van der Waals surface area contributed by atoms with E-state index in [1.54, 1.807) is 30.3 Å². The summed E-state index contributed by atoms with van der Waals surface area (Å²) in [6.07, 6.45) is -0.204. The van der Waals surface area contributed by atoms with E-state index in [0.29, 0.717) is 11.3 Å². The molecule has 0 atom stereocenters. The van der Waals surface area contributed by atoms with Crippen molar-refractivity contribution < 1.29 is 23.1 Å². The normalized spacial score (nSPS) is 11.0. The van der Waals surface area contributed by atoms with E-state index in [1.165, 1.54) is 24.3 Å². The van der Waals surface area contributed by atoms with Gasteiger partial charge in [-0.25, -0.2) is 8.42 Å². The number of aliphatic carboxylic acids is 1. The maximum Gasteiger partial charge on any atom is 0.307 e. The summed E-state index contributed by atoms with van der Waals surface area (Å²) >= 11 is 0. The topological polar surface area (TPSA) is 118 Å². The van der Waals surface area contributed by atoms with Crippen LogP contribution >= 0.6 is 0 Å². The van der Waals surface area contributed by atoms with Gasteiger partial charge in [-0.1, -0.05) is 30.3 Å². The number of carboxylic acid groups (broad SMARTS) is 1. The van der Waals surface area contributed by atoms with Gasteiger partial charge in [0.2, 0.25) is 5.91 Å². The average Bonchev–Trinajstić information content (AvgIpc) is 2.53. The van der Waals surface area contributed by atoms with E-state index in [1.807, 2.05) is 0 Å². The van der Waals surface area contributed by atoms with E-state index in [9.17, 15) is 18.0 Å². The number of hydrogen-bond donors (Lipinski definition) is 2. The monoisotopic (exact) mass is 348 g/mol. The smallest absolute Gasteiger partial charge is 0.307 e. The molecule has 7 nitrogen and oxygen atoms in total. The summed E-state index contributed by atoms with van der Waals surface area (Å²) in [5.41, 5.74) is 5.96. The Kier molecular flexibility index (Phi) is 5.20. The van der Waals surface area contributed by atoms with Crippen molar-refractivity contribution in [3.05, 3.63) is 60.2 Å². The van der Waals surface area contributed by atoms with Crippen LogP contribution < -0.4 is 10.0 Å². The number of nitrogens with zero attached hydrogens (tertiary/aromatic N) is 1. The first-order valence-corrected chi connectivity index (χ1v) is 8.41. The van der Waals surface area contributed by atoms with Crippen molar-refractivity contribution in [3.8, 4) is 0 Å². The number of amides is 1. The predicted octanol–water partition coefficient (Wildman–Crippen LogP) is 0.994. The number of para-hydroxylation sites is 1. The van der Waals surface area contributed by atoms with Gasteiger partial charge in [0, 0.05) is 0 Å². The molecule has 3 N–H and O–H groups in total. The molecule has 2 aromatic rings. The zero-order valence-electron chi connectivity index (χ0n) is 12.6. The van der Waals surface area contributed by atoms with Crippen LogP contribution in [0.4, 0.5) is 5.69 Å². The lowest BCUT2D eigenvalue weighted by Crippen LogP contribution is -2.38. The van der Waals surface area contributed by atoms with Gasteiger partial charge in [-0.2, -0.15) is 0 Å². The Balaban J connectivity index is 2.40. The summed E-state index contributed by atoms with van der Waals surface area (Å²) in [6, 6.07) is 13.6. The second kappa shape index (κ2) is 7.14. The Bertz CT molecular complexity index is 833. The predicted molar refractivity (Wildman–Crippen MR) is 88.0 cm³/mol. The number of carboxylic acids is 1. The van der Waals surface area contributed by atoms with E-state index in [2.05, 4.69) is 0 Å². The lowest BCUT2D eigenvalue weighted by Gasteiger charge is -2.23. The summed E-state index contributed by atoms with van der Waals surface area (Å²) in [5, 5.41) is 8.75. The zero-order valence-corrected chi connectivity index (χ0v) is 13.4. The van der Waals surface area contributed by atoms with Crippen LogP contribution in [0, 0.1) is 0 Å². The highest BCUT2D eigenvalue weighted by Gasteiger charge is 2.26. The fourth-order valence-corrected chi connectivity index (χ4v) is 3.56. The maximum atomic E-state index is 12.8. The van der Waals surface area contributed by atoms with Crippen molar-refractivity contribution in [3.63, 3.8) is 0 Å². The number of rotatable bonds is 7. The Hall–Kier alpha value is -2.87. The molecule has 0 aliphatic rings. The summed E-state index contributed by atoms with van der Waals surface area (Å²) in [7, 11) is -4.01. The lowest BCUT2D eigenvalue weighted by molar-refractivity contribution is -0.136. The van der Waals surface area contributed by atoms with Gasteiger partial charge in [0.25, 0.3) is 10.0 Å². The van der Waals surface area contributed by atoms with Gasteiger partial charge in [0.1, 0.15) is 6.54 Å². The standard InChI is InChI=1S/C16H16N2O5S/c17-15(19)11-18(13-4-2-1-3-5-13)24(22,23)14-8-6-12(7-9-14)10-16(20)21/h1-9H,10-11H2,(H2,17,19)(H,20,21). The third kappa shape index (κ3) is 4.11. The molecule has 0 saturated heterocycles. The number of hydrogen-bond acceptors (Lipinski definition) is 4. The van der Waals surface area contributed by atoms with Crippen molar-refractivity contribution in [2.45, 2.75) is 11.3 Å². The number of primary amides is 1. The minimum atomic E-state index is -4.01. The van der Waals surface area contributed by atoms with Crippen molar-refractivity contribution in [1.82, 2.24) is 0 Å². The maximum absolute atomic E-state index is 12.8. The summed E-state index contributed by atoms with van der Waals surface area (Å²) in [4.78, 5) is 21.9. The van der Waals surface area contributed by atoms with Crippen LogP contribution in [0.5, 0.6) is 0 Å². The fourth-order valence-electron chi connectivity index (χ4n) is 2.13. The van der Waals surface area contributed by atoms with Crippen LogP contribution in [0.2, 0.25) is 0 Å². The molecule has 8 heteroatoms. The Morgan fingerprint density at radius 1 is 1.00 bits per heavy atom. The van der Waals surface area contributed by atoms with Crippen molar-refractivity contribution in [2.24, 2.45) is 5.73 Å². The molecule has 0 aliphatic carbocycles. The summed E-state index contributed by atoms with van der Waals surface area (Å²) < 4.78 is 26.5. The van der Waals surface area contributed by atoms with E-state index in [4.69, 9.17) is 10.8 Å². The minimum absolute atomic E-state index is 0.0539. The average molecular weight is 348 g/mol. The molecule has 0 heterocycles. The molecule has 126 valence electrons. The van der Waals surface area contributed by atoms with Gasteiger partial charge in [-0.3, -0.25) is 13.9 Å². The van der Waals surface area contributed by atoms with Crippen LogP contribution in [0.1, 0.15) is 5.56 Å². The van der Waals surface area contributed by atoms with Gasteiger partial charge in [-0.15, -0.1) is 0 Å². The van der Waals surface area contributed by atoms with Gasteiger partial charge < -0.3 is 10.8 Å². The molecular weight excluding hydrogens is 332 g/mol. The molecule has 0 aliphatic heterocycles. The van der Waals surface area contributed by atoms with Gasteiger partial charge in [-0.05, 0) is 29.8 Å². The molecule has 2 aromatic carbocycles. The molecule has 24 heavy (non-hydrogen) atoms. The molecule has 0 saturated carbocycles.